The second-order valence-electron chi connectivity index (χ2n) is 6.63. The molecule has 0 heterocycles. The maximum atomic E-state index is 12.4. The number of carbonyl (C=O) groups excluding carboxylic acids is 2. The fraction of sp³-hybridized carbons (Fsp3) is 0.400. The van der Waals surface area contributed by atoms with Gasteiger partial charge in [-0.15, -0.1) is 12.4 Å². The van der Waals surface area contributed by atoms with Crippen LogP contribution in [0.4, 0.5) is 5.69 Å². The predicted molar refractivity (Wildman–Crippen MR) is 107 cm³/mol. The van der Waals surface area contributed by atoms with Gasteiger partial charge < -0.3 is 20.5 Å². The zero-order chi connectivity index (χ0) is 18.5. The molecule has 0 unspecified atom stereocenters. The number of carbonyl (C=O) groups is 2. The SMILES string of the molecule is COC(=O)COc1ccc(NC(=O)C[C@@H]2CCC[C@H]2N)c2ccccc12.Cl. The normalized spacial score (nSPS) is 18.6. The van der Waals surface area contributed by atoms with Gasteiger partial charge in [0.2, 0.25) is 5.91 Å². The highest BCUT2D eigenvalue weighted by atomic mass is 35.5. The molecule has 6 nitrogen and oxygen atoms in total. The highest BCUT2D eigenvalue weighted by Gasteiger charge is 2.26. The largest absolute Gasteiger partial charge is 0.481 e. The Morgan fingerprint density at radius 3 is 2.56 bits per heavy atom. The molecule has 1 saturated carbocycles. The van der Waals surface area contributed by atoms with Crippen LogP contribution in [0.2, 0.25) is 0 Å². The molecule has 27 heavy (non-hydrogen) atoms. The molecule has 146 valence electrons. The lowest BCUT2D eigenvalue weighted by atomic mass is 9.99. The molecule has 3 rings (SSSR count). The molecule has 3 N–H and O–H groups in total. The molecule has 0 radical (unpaired) electrons. The third-order valence-corrected chi connectivity index (χ3v) is 4.90. The molecule has 0 aromatic heterocycles. The van der Waals surface area contributed by atoms with Gasteiger partial charge in [-0.25, -0.2) is 4.79 Å². The summed E-state index contributed by atoms with van der Waals surface area (Å²) in [6.45, 7) is -0.161. The fourth-order valence-corrected chi connectivity index (χ4v) is 3.46. The van der Waals surface area contributed by atoms with Crippen LogP contribution in [0.5, 0.6) is 5.75 Å². The molecule has 0 spiro atoms. The summed E-state index contributed by atoms with van der Waals surface area (Å²) in [5, 5.41) is 4.68. The number of rotatable bonds is 6. The van der Waals surface area contributed by atoms with Crippen molar-refractivity contribution in [1.29, 1.82) is 0 Å². The third-order valence-electron chi connectivity index (χ3n) is 4.90. The van der Waals surface area contributed by atoms with Gasteiger partial charge in [0.1, 0.15) is 5.75 Å². The fourth-order valence-electron chi connectivity index (χ4n) is 3.46. The summed E-state index contributed by atoms with van der Waals surface area (Å²) in [4.78, 5) is 23.7. The van der Waals surface area contributed by atoms with Gasteiger partial charge in [-0.3, -0.25) is 4.79 Å². The number of halogens is 1. The summed E-state index contributed by atoms with van der Waals surface area (Å²) in [6, 6.07) is 11.3. The third kappa shape index (κ3) is 5.11. The first kappa shape index (κ1) is 21.0. The smallest absolute Gasteiger partial charge is 0.343 e. The number of hydrogen-bond acceptors (Lipinski definition) is 5. The van der Waals surface area contributed by atoms with E-state index in [9.17, 15) is 9.59 Å². The van der Waals surface area contributed by atoms with Crippen LogP contribution in [0.15, 0.2) is 36.4 Å². The maximum absolute atomic E-state index is 12.4. The Kier molecular flexibility index (Phi) is 7.45. The van der Waals surface area contributed by atoms with Crippen LogP contribution in [0.1, 0.15) is 25.7 Å². The van der Waals surface area contributed by atoms with Crippen LogP contribution in [-0.2, 0) is 14.3 Å². The highest BCUT2D eigenvalue weighted by molar-refractivity contribution is 6.04. The Morgan fingerprint density at radius 1 is 1.15 bits per heavy atom. The Hall–Kier alpha value is -2.31. The molecule has 2 atom stereocenters. The topological polar surface area (TPSA) is 90.6 Å². The van der Waals surface area contributed by atoms with Gasteiger partial charge in [0.25, 0.3) is 0 Å². The van der Waals surface area contributed by atoms with Crippen LogP contribution in [-0.4, -0.2) is 31.6 Å². The molecular weight excluding hydrogens is 368 g/mol. The van der Waals surface area contributed by atoms with E-state index in [1.807, 2.05) is 24.3 Å². The average molecular weight is 393 g/mol. The molecule has 2 aromatic carbocycles. The van der Waals surface area contributed by atoms with E-state index in [1.165, 1.54) is 7.11 Å². The number of fused-ring (bicyclic) bond motifs is 1. The standard InChI is InChI=1S/C20H24N2O4.ClH/c1-25-20(24)12-26-18-10-9-17(14-6-2-3-7-15(14)18)22-19(23)11-13-5-4-8-16(13)21;/h2-3,6-7,9-10,13,16H,4-5,8,11-12,21H2,1H3,(H,22,23);1H/t13-,16+;/m0./s1. The van der Waals surface area contributed by atoms with Crippen molar-refractivity contribution in [2.24, 2.45) is 11.7 Å². The number of nitrogens with one attached hydrogen (secondary N) is 1. The lowest BCUT2D eigenvalue weighted by Crippen LogP contribution is -2.28. The Labute approximate surface area is 164 Å². The van der Waals surface area contributed by atoms with Crippen LogP contribution in [0.25, 0.3) is 10.8 Å². The van der Waals surface area contributed by atoms with E-state index in [0.717, 1.165) is 35.7 Å². The van der Waals surface area contributed by atoms with Crippen molar-refractivity contribution < 1.29 is 19.1 Å². The molecule has 0 saturated heterocycles. The van der Waals surface area contributed by atoms with Gasteiger partial charge in [-0.2, -0.15) is 0 Å². The van der Waals surface area contributed by atoms with Gasteiger partial charge in [0.15, 0.2) is 6.61 Å². The first-order chi connectivity index (χ1) is 12.6. The van der Waals surface area contributed by atoms with Crippen molar-refractivity contribution in [3.05, 3.63) is 36.4 Å². The molecule has 1 aliphatic rings. The molecule has 0 bridgehead atoms. The number of esters is 1. The minimum Gasteiger partial charge on any atom is -0.481 e. The molecular formula is C20H25ClN2O4. The van der Waals surface area contributed by atoms with Crippen LogP contribution < -0.4 is 15.8 Å². The first-order valence-electron chi connectivity index (χ1n) is 8.85. The van der Waals surface area contributed by atoms with Crippen LogP contribution in [0.3, 0.4) is 0 Å². The second kappa shape index (κ2) is 9.58. The number of anilines is 1. The summed E-state index contributed by atoms with van der Waals surface area (Å²) < 4.78 is 10.2. The first-order valence-corrected chi connectivity index (χ1v) is 8.85. The number of ether oxygens (including phenoxy) is 2. The number of hydrogen-bond donors (Lipinski definition) is 2. The van der Waals surface area contributed by atoms with E-state index in [0.29, 0.717) is 12.2 Å². The summed E-state index contributed by atoms with van der Waals surface area (Å²) in [6.07, 6.45) is 3.53. The molecule has 2 aromatic rings. The zero-order valence-corrected chi connectivity index (χ0v) is 16.1. The molecule has 1 fully saturated rings. The molecule has 0 aliphatic heterocycles. The Balaban J connectivity index is 0.00000261. The van der Waals surface area contributed by atoms with Gasteiger partial charge in [0, 0.05) is 28.9 Å². The van der Waals surface area contributed by atoms with Gasteiger partial charge >= 0.3 is 5.97 Å². The summed E-state index contributed by atoms with van der Waals surface area (Å²) in [7, 11) is 1.32. The highest BCUT2D eigenvalue weighted by Crippen LogP contribution is 2.32. The Bertz CT molecular complexity index is 812. The number of methoxy groups -OCH3 is 1. The summed E-state index contributed by atoms with van der Waals surface area (Å²) in [5.41, 5.74) is 6.79. The Morgan fingerprint density at radius 2 is 1.89 bits per heavy atom. The maximum Gasteiger partial charge on any atom is 0.343 e. The molecule has 7 heteroatoms. The van der Waals surface area contributed by atoms with Crippen molar-refractivity contribution in [2.45, 2.75) is 31.7 Å². The minimum absolute atomic E-state index is 0. The van der Waals surface area contributed by atoms with Crippen LogP contribution in [0, 0.1) is 5.92 Å². The van der Waals surface area contributed by atoms with E-state index in [-0.39, 0.29) is 36.9 Å². The van der Waals surface area contributed by atoms with E-state index in [1.54, 1.807) is 12.1 Å². The van der Waals surface area contributed by atoms with Crippen molar-refractivity contribution >= 4 is 40.7 Å². The quantitative estimate of drug-likeness (QED) is 0.736. The van der Waals surface area contributed by atoms with Gasteiger partial charge in [0.05, 0.1) is 7.11 Å². The zero-order valence-electron chi connectivity index (χ0n) is 15.3. The molecule has 1 aliphatic carbocycles. The average Bonchev–Trinajstić information content (AvgIpc) is 3.05. The lowest BCUT2D eigenvalue weighted by molar-refractivity contribution is -0.142. The van der Waals surface area contributed by atoms with Crippen LogP contribution >= 0.6 is 12.4 Å². The van der Waals surface area contributed by atoms with Crippen molar-refractivity contribution in [1.82, 2.24) is 0 Å². The molecule has 1 amide bonds. The number of nitrogens with two attached hydrogens (primary N) is 1. The second-order valence-corrected chi connectivity index (χ2v) is 6.63. The number of amides is 1. The van der Waals surface area contributed by atoms with E-state index >= 15 is 0 Å². The van der Waals surface area contributed by atoms with Crippen molar-refractivity contribution in [3.8, 4) is 5.75 Å². The van der Waals surface area contributed by atoms with Crippen molar-refractivity contribution in [3.63, 3.8) is 0 Å². The number of benzene rings is 2. The van der Waals surface area contributed by atoms with Gasteiger partial charge in [-0.05, 0) is 30.9 Å². The van der Waals surface area contributed by atoms with Gasteiger partial charge in [-0.1, -0.05) is 30.7 Å². The summed E-state index contributed by atoms with van der Waals surface area (Å²) >= 11 is 0. The predicted octanol–water partition coefficient (Wildman–Crippen LogP) is 3.27. The van der Waals surface area contributed by atoms with E-state index < -0.39 is 5.97 Å². The van der Waals surface area contributed by atoms with Crippen molar-refractivity contribution in [2.75, 3.05) is 19.0 Å². The summed E-state index contributed by atoms with van der Waals surface area (Å²) in [5.74, 6) is 0.353. The minimum atomic E-state index is -0.445. The van der Waals surface area contributed by atoms with E-state index in [4.69, 9.17) is 10.5 Å². The van der Waals surface area contributed by atoms with E-state index in [2.05, 4.69) is 10.1 Å². The lowest BCUT2D eigenvalue weighted by Gasteiger charge is -2.16. The monoisotopic (exact) mass is 392 g/mol.